The first-order valence-electron chi connectivity index (χ1n) is 4.52. The van der Waals surface area contributed by atoms with E-state index in [0.717, 1.165) is 5.56 Å². The molecule has 3 nitrogen and oxygen atoms in total. The molecule has 0 saturated carbocycles. The highest BCUT2D eigenvalue weighted by molar-refractivity contribution is 5.95. The molecule has 0 unspecified atom stereocenters. The van der Waals surface area contributed by atoms with Crippen molar-refractivity contribution in [3.63, 3.8) is 0 Å². The van der Waals surface area contributed by atoms with Crippen LogP contribution in [0.4, 0.5) is 0 Å². The Morgan fingerprint density at radius 1 is 1.53 bits per heavy atom. The number of amides is 1. The van der Waals surface area contributed by atoms with Crippen LogP contribution in [0.15, 0.2) is 29.3 Å². The minimum Gasteiger partial charge on any atom is -0.341 e. The Hall–Kier alpha value is -2.08. The van der Waals surface area contributed by atoms with Crippen LogP contribution in [0.25, 0.3) is 0 Å². The first-order valence-corrected chi connectivity index (χ1v) is 4.52. The van der Waals surface area contributed by atoms with Gasteiger partial charge in [-0.05, 0) is 17.7 Å². The van der Waals surface area contributed by atoms with E-state index in [1.807, 2.05) is 12.1 Å². The lowest BCUT2D eigenvalue weighted by Crippen LogP contribution is -2.23. The van der Waals surface area contributed by atoms with Crippen molar-refractivity contribution in [1.82, 2.24) is 5.32 Å². The molecule has 0 aliphatic carbocycles. The second-order valence-electron chi connectivity index (χ2n) is 2.90. The van der Waals surface area contributed by atoms with Crippen LogP contribution in [0.5, 0.6) is 0 Å². The summed E-state index contributed by atoms with van der Waals surface area (Å²) in [5, 5.41) is 2.59. The van der Waals surface area contributed by atoms with E-state index < -0.39 is 0 Å². The average Bonchev–Trinajstić information content (AvgIpc) is 2.27. The fourth-order valence-electron chi connectivity index (χ4n) is 1.10. The van der Waals surface area contributed by atoms with Gasteiger partial charge in [0.05, 0.1) is 6.54 Å². The number of terminal acetylenes is 1. The third-order valence-electron chi connectivity index (χ3n) is 1.80. The molecule has 0 fully saturated rings. The van der Waals surface area contributed by atoms with Gasteiger partial charge in [0.15, 0.2) is 0 Å². The Morgan fingerprint density at radius 3 is 2.73 bits per heavy atom. The standard InChI is InChI=1S/C12H12N2O/c1-3-8-14-12(15)11-6-4-10(5-7-11)9-13-2/h1,4-7,9H,8H2,2H3,(H,14,15). The molecule has 0 aromatic heterocycles. The third-order valence-corrected chi connectivity index (χ3v) is 1.80. The summed E-state index contributed by atoms with van der Waals surface area (Å²) in [6, 6.07) is 7.14. The second kappa shape index (κ2) is 5.61. The zero-order chi connectivity index (χ0) is 11.1. The number of rotatable bonds is 3. The molecule has 1 aromatic carbocycles. The summed E-state index contributed by atoms with van der Waals surface area (Å²) in [4.78, 5) is 15.3. The number of hydrogen-bond acceptors (Lipinski definition) is 2. The fourth-order valence-corrected chi connectivity index (χ4v) is 1.10. The normalized spacial score (nSPS) is 9.87. The summed E-state index contributed by atoms with van der Waals surface area (Å²) in [5.41, 5.74) is 1.56. The van der Waals surface area contributed by atoms with E-state index in [4.69, 9.17) is 6.42 Å². The van der Waals surface area contributed by atoms with Crippen molar-refractivity contribution in [2.75, 3.05) is 13.6 Å². The molecular formula is C12H12N2O. The highest BCUT2D eigenvalue weighted by Gasteiger charge is 2.02. The Labute approximate surface area is 89.2 Å². The number of carbonyl (C=O) groups is 1. The first-order chi connectivity index (χ1) is 7.27. The molecule has 0 radical (unpaired) electrons. The van der Waals surface area contributed by atoms with Crippen molar-refractivity contribution in [1.29, 1.82) is 0 Å². The van der Waals surface area contributed by atoms with Crippen LogP contribution in [0, 0.1) is 12.3 Å². The predicted molar refractivity (Wildman–Crippen MR) is 61.1 cm³/mol. The average molecular weight is 200 g/mol. The molecule has 0 spiro atoms. The molecule has 0 bridgehead atoms. The number of hydrogen-bond donors (Lipinski definition) is 1. The molecule has 15 heavy (non-hydrogen) atoms. The highest BCUT2D eigenvalue weighted by atomic mass is 16.1. The van der Waals surface area contributed by atoms with Crippen molar-refractivity contribution in [3.8, 4) is 12.3 Å². The lowest BCUT2D eigenvalue weighted by atomic mass is 10.1. The maximum atomic E-state index is 11.4. The molecule has 1 rings (SSSR count). The molecule has 1 amide bonds. The monoisotopic (exact) mass is 200 g/mol. The van der Waals surface area contributed by atoms with E-state index in [1.165, 1.54) is 0 Å². The van der Waals surface area contributed by atoms with Crippen LogP contribution in [-0.4, -0.2) is 25.7 Å². The maximum Gasteiger partial charge on any atom is 0.252 e. The molecule has 0 aliphatic rings. The Morgan fingerprint density at radius 2 is 2.20 bits per heavy atom. The minimum atomic E-state index is -0.159. The van der Waals surface area contributed by atoms with Crippen molar-refractivity contribution in [2.24, 2.45) is 4.99 Å². The highest BCUT2D eigenvalue weighted by Crippen LogP contribution is 2.02. The number of carbonyl (C=O) groups excluding carboxylic acids is 1. The summed E-state index contributed by atoms with van der Waals surface area (Å²) >= 11 is 0. The minimum absolute atomic E-state index is 0.159. The zero-order valence-electron chi connectivity index (χ0n) is 8.53. The Bertz CT molecular complexity index is 399. The topological polar surface area (TPSA) is 41.5 Å². The SMILES string of the molecule is C#CCNC(=O)c1ccc(C=NC)cc1. The van der Waals surface area contributed by atoms with Crippen molar-refractivity contribution >= 4 is 12.1 Å². The number of nitrogens with one attached hydrogen (secondary N) is 1. The molecule has 0 saturated heterocycles. The summed E-state index contributed by atoms with van der Waals surface area (Å²) in [5.74, 6) is 2.19. The van der Waals surface area contributed by atoms with Gasteiger partial charge in [-0.2, -0.15) is 0 Å². The Kier molecular flexibility index (Phi) is 4.11. The molecule has 0 aliphatic heterocycles. The van der Waals surface area contributed by atoms with Gasteiger partial charge < -0.3 is 5.32 Å². The van der Waals surface area contributed by atoms with Crippen molar-refractivity contribution in [3.05, 3.63) is 35.4 Å². The molecule has 76 valence electrons. The predicted octanol–water partition coefficient (Wildman–Crippen LogP) is 1.10. The van der Waals surface area contributed by atoms with Crippen LogP contribution in [0.3, 0.4) is 0 Å². The molecule has 1 aromatic rings. The van der Waals surface area contributed by atoms with Gasteiger partial charge in [-0.15, -0.1) is 6.42 Å². The van der Waals surface area contributed by atoms with Gasteiger partial charge in [-0.1, -0.05) is 18.1 Å². The second-order valence-corrected chi connectivity index (χ2v) is 2.90. The quantitative estimate of drug-likeness (QED) is 0.576. The van der Waals surface area contributed by atoms with Gasteiger partial charge in [0.2, 0.25) is 0 Å². The van der Waals surface area contributed by atoms with Gasteiger partial charge in [-0.25, -0.2) is 0 Å². The largest absolute Gasteiger partial charge is 0.341 e. The number of benzene rings is 1. The molecule has 3 heteroatoms. The van der Waals surface area contributed by atoms with E-state index in [1.54, 1.807) is 25.4 Å². The molecule has 0 heterocycles. The first kappa shape index (κ1) is 11.0. The smallest absolute Gasteiger partial charge is 0.252 e. The van der Waals surface area contributed by atoms with E-state index in [0.29, 0.717) is 5.56 Å². The summed E-state index contributed by atoms with van der Waals surface area (Å²) in [6.07, 6.45) is 6.76. The van der Waals surface area contributed by atoms with E-state index in [2.05, 4.69) is 16.2 Å². The van der Waals surface area contributed by atoms with Gasteiger partial charge >= 0.3 is 0 Å². The lowest BCUT2D eigenvalue weighted by Gasteiger charge is -2.01. The van der Waals surface area contributed by atoms with Gasteiger partial charge in [-0.3, -0.25) is 9.79 Å². The number of aliphatic imine (C=N–C) groups is 1. The molecule has 1 N–H and O–H groups in total. The van der Waals surface area contributed by atoms with Crippen LogP contribution < -0.4 is 5.32 Å². The van der Waals surface area contributed by atoms with Gasteiger partial charge in [0.1, 0.15) is 0 Å². The van der Waals surface area contributed by atoms with Crippen molar-refractivity contribution in [2.45, 2.75) is 0 Å². The fraction of sp³-hybridized carbons (Fsp3) is 0.167. The van der Waals surface area contributed by atoms with E-state index in [-0.39, 0.29) is 12.5 Å². The van der Waals surface area contributed by atoms with Gasteiger partial charge in [0, 0.05) is 18.8 Å². The van der Waals surface area contributed by atoms with Crippen LogP contribution in [-0.2, 0) is 0 Å². The van der Waals surface area contributed by atoms with Crippen LogP contribution >= 0.6 is 0 Å². The van der Waals surface area contributed by atoms with E-state index in [9.17, 15) is 4.79 Å². The molecule has 0 atom stereocenters. The zero-order valence-corrected chi connectivity index (χ0v) is 8.53. The number of nitrogens with zero attached hydrogens (tertiary/aromatic N) is 1. The molecular weight excluding hydrogens is 188 g/mol. The van der Waals surface area contributed by atoms with Crippen LogP contribution in [0.2, 0.25) is 0 Å². The maximum absolute atomic E-state index is 11.4. The van der Waals surface area contributed by atoms with E-state index >= 15 is 0 Å². The van der Waals surface area contributed by atoms with Gasteiger partial charge in [0.25, 0.3) is 5.91 Å². The lowest BCUT2D eigenvalue weighted by molar-refractivity contribution is 0.0958. The summed E-state index contributed by atoms with van der Waals surface area (Å²) < 4.78 is 0. The third kappa shape index (κ3) is 3.28. The Balaban J connectivity index is 2.72. The summed E-state index contributed by atoms with van der Waals surface area (Å²) in [6.45, 7) is 0.247. The van der Waals surface area contributed by atoms with Crippen molar-refractivity contribution < 1.29 is 4.79 Å². The summed E-state index contributed by atoms with van der Waals surface area (Å²) in [7, 11) is 1.70. The van der Waals surface area contributed by atoms with Crippen LogP contribution in [0.1, 0.15) is 15.9 Å².